The first-order valence-electron chi connectivity index (χ1n) is 2.86. The summed E-state index contributed by atoms with van der Waals surface area (Å²) < 4.78 is 0. The number of aliphatic carboxylic acids is 2. The van der Waals surface area contributed by atoms with E-state index in [9.17, 15) is 9.59 Å². The first-order chi connectivity index (χ1) is 6.29. The molecule has 0 aromatic rings. The Morgan fingerprint density at radius 1 is 0.643 bits per heavy atom. The smallest absolute Gasteiger partial charge is 0.348 e. The quantitative estimate of drug-likeness (QED) is 0.615. The van der Waals surface area contributed by atoms with Crippen molar-refractivity contribution in [2.24, 2.45) is 0 Å². The number of carboxylic acids is 2. The van der Waals surface area contributed by atoms with Gasteiger partial charge in [-0.1, -0.05) is 46.4 Å². The molecule has 0 aliphatic carbocycles. The van der Waals surface area contributed by atoms with E-state index >= 15 is 0 Å². The lowest BCUT2D eigenvalue weighted by atomic mass is 10.4. The summed E-state index contributed by atoms with van der Waals surface area (Å²) in [5.74, 6) is -3.07. The van der Waals surface area contributed by atoms with E-state index < -0.39 is 32.1 Å². The number of hydrogen-bond acceptors (Lipinski definition) is 2. The van der Waals surface area contributed by atoms with Gasteiger partial charge in [0.1, 0.15) is 10.1 Å². The summed E-state index contributed by atoms with van der Waals surface area (Å²) >= 11 is 21.1. The van der Waals surface area contributed by atoms with Crippen molar-refractivity contribution in [3.63, 3.8) is 0 Å². The van der Waals surface area contributed by atoms with Crippen LogP contribution >= 0.6 is 46.4 Å². The highest BCUT2D eigenvalue weighted by molar-refractivity contribution is 6.56. The topological polar surface area (TPSA) is 74.6 Å². The Balaban J connectivity index is 5.35. The molecule has 0 aromatic heterocycles. The zero-order chi connectivity index (χ0) is 11.5. The molecule has 0 heterocycles. The highest BCUT2D eigenvalue weighted by atomic mass is 35.5. The van der Waals surface area contributed by atoms with Crippen LogP contribution < -0.4 is 0 Å². The minimum atomic E-state index is -1.54. The predicted octanol–water partition coefficient (Wildman–Crippen LogP) is 2.53. The summed E-state index contributed by atoms with van der Waals surface area (Å²) in [4.78, 5) is 20.6. The Bertz CT molecular complexity index is 310. The third-order valence-corrected chi connectivity index (χ3v) is 2.70. The highest BCUT2D eigenvalue weighted by Gasteiger charge is 2.18. The molecule has 0 unspecified atom stereocenters. The van der Waals surface area contributed by atoms with E-state index in [1.807, 2.05) is 0 Å². The van der Waals surface area contributed by atoms with Gasteiger partial charge in [-0.15, -0.1) is 0 Å². The number of halogens is 4. The van der Waals surface area contributed by atoms with Crippen molar-refractivity contribution in [2.75, 3.05) is 0 Å². The second-order valence-corrected chi connectivity index (χ2v) is 3.38. The summed E-state index contributed by atoms with van der Waals surface area (Å²) in [6.07, 6.45) is 0. The fourth-order valence-corrected chi connectivity index (χ4v) is 1.02. The van der Waals surface area contributed by atoms with Gasteiger partial charge in [-0.3, -0.25) is 0 Å². The maximum atomic E-state index is 10.3. The standard InChI is InChI=1S/C6H2Cl4O4/c7-1(3(9)5(11)12)2(8)4(10)6(13)14/h(H,11,12)(H,13,14)/b3-1-,4-2-. The van der Waals surface area contributed by atoms with Crippen molar-refractivity contribution in [2.45, 2.75) is 0 Å². The second-order valence-electron chi connectivity index (χ2n) is 1.87. The Morgan fingerprint density at radius 2 is 0.857 bits per heavy atom. The molecule has 2 N–H and O–H groups in total. The Morgan fingerprint density at radius 3 is 1.00 bits per heavy atom. The largest absolute Gasteiger partial charge is 0.477 e. The van der Waals surface area contributed by atoms with Crippen molar-refractivity contribution in [3.8, 4) is 0 Å². The van der Waals surface area contributed by atoms with E-state index in [0.717, 1.165) is 0 Å². The van der Waals surface area contributed by atoms with E-state index in [-0.39, 0.29) is 0 Å². The summed E-state index contributed by atoms with van der Waals surface area (Å²) in [6, 6.07) is 0. The maximum Gasteiger partial charge on any atom is 0.348 e. The van der Waals surface area contributed by atoms with E-state index in [4.69, 9.17) is 56.6 Å². The lowest BCUT2D eigenvalue weighted by molar-refractivity contribution is -0.133. The van der Waals surface area contributed by atoms with Crippen molar-refractivity contribution in [1.82, 2.24) is 0 Å². The van der Waals surface area contributed by atoms with Gasteiger partial charge in [0.25, 0.3) is 0 Å². The molecular weight excluding hydrogens is 278 g/mol. The van der Waals surface area contributed by atoms with Gasteiger partial charge in [0.2, 0.25) is 0 Å². The SMILES string of the molecule is O=C(O)/C(Cl)=C(Cl)\C(Cl)=C(\Cl)C(=O)O. The second kappa shape index (κ2) is 5.46. The molecule has 0 atom stereocenters. The third kappa shape index (κ3) is 3.38. The summed E-state index contributed by atoms with van der Waals surface area (Å²) in [6.45, 7) is 0. The molecule has 0 saturated carbocycles. The molecule has 8 heteroatoms. The van der Waals surface area contributed by atoms with Crippen LogP contribution in [0.3, 0.4) is 0 Å². The Kier molecular flexibility index (Phi) is 5.29. The predicted molar refractivity (Wildman–Crippen MR) is 52.7 cm³/mol. The van der Waals surface area contributed by atoms with E-state index in [2.05, 4.69) is 0 Å². The summed E-state index contributed by atoms with van der Waals surface area (Å²) in [5.41, 5.74) is 0. The van der Waals surface area contributed by atoms with Gasteiger partial charge in [0, 0.05) is 0 Å². The van der Waals surface area contributed by atoms with Crippen LogP contribution in [0.5, 0.6) is 0 Å². The molecular formula is C6H2Cl4O4. The zero-order valence-corrected chi connectivity index (χ0v) is 9.25. The molecule has 0 aliphatic rings. The van der Waals surface area contributed by atoms with Gasteiger partial charge >= 0.3 is 11.9 Å². The minimum absolute atomic E-state index is 0.631. The maximum absolute atomic E-state index is 10.3. The normalized spacial score (nSPS) is 14.3. The summed E-state index contributed by atoms with van der Waals surface area (Å²) in [7, 11) is 0. The van der Waals surface area contributed by atoms with Gasteiger partial charge in [-0.2, -0.15) is 0 Å². The van der Waals surface area contributed by atoms with E-state index in [1.54, 1.807) is 0 Å². The molecule has 0 rings (SSSR count). The summed E-state index contributed by atoms with van der Waals surface area (Å²) in [5, 5.41) is 13.9. The van der Waals surface area contributed by atoms with E-state index in [0.29, 0.717) is 0 Å². The van der Waals surface area contributed by atoms with Crippen molar-refractivity contribution < 1.29 is 19.8 Å². The van der Waals surface area contributed by atoms with Crippen molar-refractivity contribution in [3.05, 3.63) is 20.1 Å². The van der Waals surface area contributed by atoms with Crippen LogP contribution in [-0.4, -0.2) is 22.2 Å². The molecule has 14 heavy (non-hydrogen) atoms. The van der Waals surface area contributed by atoms with Gasteiger partial charge < -0.3 is 10.2 Å². The molecule has 0 saturated heterocycles. The monoisotopic (exact) mass is 278 g/mol. The molecule has 4 nitrogen and oxygen atoms in total. The molecule has 0 spiro atoms. The first kappa shape index (κ1) is 13.6. The van der Waals surface area contributed by atoms with Crippen LogP contribution in [0.25, 0.3) is 0 Å². The molecule has 0 aliphatic heterocycles. The van der Waals surface area contributed by atoms with Crippen LogP contribution in [0.1, 0.15) is 0 Å². The minimum Gasteiger partial charge on any atom is -0.477 e. The van der Waals surface area contributed by atoms with Gasteiger partial charge in [-0.05, 0) is 0 Å². The fourth-order valence-electron chi connectivity index (χ4n) is 0.380. The molecule has 0 amide bonds. The molecule has 0 radical (unpaired) electrons. The number of allylic oxidation sites excluding steroid dienone is 2. The number of carbonyl (C=O) groups is 2. The molecule has 0 aromatic carbocycles. The Labute approximate surface area is 98.3 Å². The first-order valence-corrected chi connectivity index (χ1v) is 4.37. The lowest BCUT2D eigenvalue weighted by Crippen LogP contribution is -2.00. The Hall–Kier alpha value is -0.420. The van der Waals surface area contributed by atoms with Gasteiger partial charge in [0.05, 0.1) is 10.1 Å². The van der Waals surface area contributed by atoms with Crippen LogP contribution in [0.4, 0.5) is 0 Å². The highest BCUT2D eigenvalue weighted by Crippen LogP contribution is 2.29. The number of carboxylic acid groups (broad SMARTS) is 2. The molecule has 0 fully saturated rings. The van der Waals surface area contributed by atoms with Crippen molar-refractivity contribution >= 4 is 58.3 Å². The fraction of sp³-hybridized carbons (Fsp3) is 0. The van der Waals surface area contributed by atoms with Gasteiger partial charge in [0.15, 0.2) is 0 Å². The average Bonchev–Trinajstić information content (AvgIpc) is 2.12. The van der Waals surface area contributed by atoms with Crippen LogP contribution in [0, 0.1) is 0 Å². The molecule has 0 bridgehead atoms. The average molecular weight is 280 g/mol. The molecule has 78 valence electrons. The third-order valence-electron chi connectivity index (χ3n) is 0.954. The number of rotatable bonds is 3. The lowest BCUT2D eigenvalue weighted by Gasteiger charge is -1.99. The van der Waals surface area contributed by atoms with E-state index in [1.165, 1.54) is 0 Å². The van der Waals surface area contributed by atoms with Crippen LogP contribution in [0.2, 0.25) is 0 Å². The van der Waals surface area contributed by atoms with Crippen LogP contribution in [-0.2, 0) is 9.59 Å². The van der Waals surface area contributed by atoms with Crippen molar-refractivity contribution in [1.29, 1.82) is 0 Å². The number of hydrogen-bond donors (Lipinski definition) is 2. The van der Waals surface area contributed by atoms with Gasteiger partial charge in [-0.25, -0.2) is 9.59 Å². The van der Waals surface area contributed by atoms with Crippen LogP contribution in [0.15, 0.2) is 20.1 Å². The zero-order valence-electron chi connectivity index (χ0n) is 6.22.